The Labute approximate surface area is 231 Å². The maximum Gasteiger partial charge on any atom is 0.407 e. The van der Waals surface area contributed by atoms with Gasteiger partial charge in [-0.3, -0.25) is 9.59 Å². The summed E-state index contributed by atoms with van der Waals surface area (Å²) >= 11 is 6.04. The second-order valence-corrected chi connectivity index (χ2v) is 13.3. The number of carbonyl (C=O) groups is 3. The molecule has 8 nitrogen and oxygen atoms in total. The number of aliphatic hydroxyl groups is 1. The third-order valence-corrected chi connectivity index (χ3v) is 8.09. The van der Waals surface area contributed by atoms with E-state index in [9.17, 15) is 19.5 Å². The average Bonchev–Trinajstić information content (AvgIpc) is 3.26. The summed E-state index contributed by atoms with van der Waals surface area (Å²) in [5.41, 5.74) is -1.53. The van der Waals surface area contributed by atoms with Crippen LogP contribution in [0.4, 0.5) is 4.79 Å². The van der Waals surface area contributed by atoms with Gasteiger partial charge in [-0.1, -0.05) is 51.4 Å². The van der Waals surface area contributed by atoms with E-state index in [1.807, 2.05) is 60.6 Å². The van der Waals surface area contributed by atoms with E-state index in [2.05, 4.69) is 10.6 Å². The van der Waals surface area contributed by atoms with E-state index in [4.69, 9.17) is 16.3 Å². The lowest BCUT2D eigenvalue weighted by Crippen LogP contribution is -2.60. The van der Waals surface area contributed by atoms with E-state index < -0.39 is 28.8 Å². The number of alkyl carbamates (subject to hydrolysis) is 1. The summed E-state index contributed by atoms with van der Waals surface area (Å²) in [6.07, 6.45) is 1.73. The molecule has 3 N–H and O–H groups in total. The van der Waals surface area contributed by atoms with Gasteiger partial charge in [0, 0.05) is 35.5 Å². The third kappa shape index (κ3) is 7.00. The molecule has 4 atom stereocenters. The van der Waals surface area contributed by atoms with Crippen molar-refractivity contribution in [3.05, 3.63) is 34.9 Å². The maximum absolute atomic E-state index is 13.7. The Morgan fingerprint density at radius 3 is 2.32 bits per heavy atom. The summed E-state index contributed by atoms with van der Waals surface area (Å²) in [6, 6.07) is 6.41. The fraction of sp³-hybridized carbons (Fsp3) is 0.690. The molecule has 1 saturated heterocycles. The number of nitrogens with zero attached hydrogens (tertiary/aromatic N) is 1. The third-order valence-electron chi connectivity index (χ3n) is 7.84. The lowest BCUT2D eigenvalue weighted by Gasteiger charge is -2.51. The van der Waals surface area contributed by atoms with Gasteiger partial charge in [-0.2, -0.15) is 0 Å². The number of hydrogen-bond acceptors (Lipinski definition) is 5. The SMILES string of the molecule is CC(C)[C@@H](NC(=O)[C@@H]1CCC(NC(=O)OC(C)(C)C)C1)C(=O)N1CC[C@](O)(c2ccc(Cl)cc2)C(C)(C)C1. The molecular weight excluding hydrogens is 506 g/mol. The van der Waals surface area contributed by atoms with Gasteiger partial charge in [0.2, 0.25) is 11.8 Å². The zero-order valence-electron chi connectivity index (χ0n) is 23.8. The minimum absolute atomic E-state index is 0.108. The van der Waals surface area contributed by atoms with E-state index in [0.29, 0.717) is 43.8 Å². The van der Waals surface area contributed by atoms with Gasteiger partial charge >= 0.3 is 6.09 Å². The Kier molecular flexibility index (Phi) is 9.09. The smallest absolute Gasteiger partial charge is 0.407 e. The predicted octanol–water partition coefficient (Wildman–Crippen LogP) is 4.62. The van der Waals surface area contributed by atoms with Crippen LogP contribution in [0.3, 0.4) is 0 Å². The van der Waals surface area contributed by atoms with Gasteiger partial charge in [-0.25, -0.2) is 4.79 Å². The number of rotatable bonds is 6. The number of nitrogens with one attached hydrogen (secondary N) is 2. The number of ether oxygens (including phenoxy) is 1. The molecule has 3 amide bonds. The monoisotopic (exact) mass is 549 g/mol. The van der Waals surface area contributed by atoms with Crippen LogP contribution in [0.1, 0.15) is 79.7 Å². The molecule has 38 heavy (non-hydrogen) atoms. The van der Waals surface area contributed by atoms with Gasteiger partial charge in [0.05, 0.1) is 5.60 Å². The largest absolute Gasteiger partial charge is 0.444 e. The van der Waals surface area contributed by atoms with E-state index >= 15 is 0 Å². The molecule has 2 fully saturated rings. The predicted molar refractivity (Wildman–Crippen MR) is 148 cm³/mol. The first-order valence-electron chi connectivity index (χ1n) is 13.6. The molecule has 212 valence electrons. The number of halogens is 1. The average molecular weight is 550 g/mol. The van der Waals surface area contributed by atoms with Crippen LogP contribution in [0.2, 0.25) is 5.02 Å². The molecular formula is C29H44ClN3O5. The minimum atomic E-state index is -1.11. The first kappa shape index (κ1) is 30.2. The molecule has 0 radical (unpaired) electrons. The Morgan fingerprint density at radius 2 is 1.76 bits per heavy atom. The molecule has 1 aliphatic heterocycles. The topological polar surface area (TPSA) is 108 Å². The number of hydrogen-bond donors (Lipinski definition) is 3. The van der Waals surface area contributed by atoms with Crippen molar-refractivity contribution in [2.75, 3.05) is 13.1 Å². The highest BCUT2D eigenvalue weighted by Gasteiger charge is 2.50. The first-order chi connectivity index (χ1) is 17.5. The number of likely N-dealkylation sites (tertiary alicyclic amines) is 1. The highest BCUT2D eigenvalue weighted by molar-refractivity contribution is 6.30. The van der Waals surface area contributed by atoms with Crippen LogP contribution >= 0.6 is 11.6 Å². The zero-order chi connectivity index (χ0) is 28.5. The highest BCUT2D eigenvalue weighted by Crippen LogP contribution is 2.46. The van der Waals surface area contributed by atoms with Crippen LogP contribution in [-0.4, -0.2) is 58.7 Å². The summed E-state index contributed by atoms with van der Waals surface area (Å²) in [4.78, 5) is 40.7. The van der Waals surface area contributed by atoms with Crippen LogP contribution in [0, 0.1) is 17.3 Å². The van der Waals surface area contributed by atoms with Crippen molar-refractivity contribution in [3.63, 3.8) is 0 Å². The molecule has 3 rings (SSSR count). The second kappa shape index (κ2) is 11.4. The van der Waals surface area contributed by atoms with Crippen molar-refractivity contribution in [1.82, 2.24) is 15.5 Å². The Hall–Kier alpha value is -2.32. The highest BCUT2D eigenvalue weighted by atomic mass is 35.5. The van der Waals surface area contributed by atoms with Gasteiger partial charge in [0.25, 0.3) is 0 Å². The van der Waals surface area contributed by atoms with Crippen LogP contribution in [-0.2, 0) is 19.9 Å². The van der Waals surface area contributed by atoms with Gasteiger partial charge < -0.3 is 25.4 Å². The van der Waals surface area contributed by atoms with E-state index in [-0.39, 0.29) is 29.7 Å². The summed E-state index contributed by atoms with van der Waals surface area (Å²) in [7, 11) is 0. The zero-order valence-corrected chi connectivity index (χ0v) is 24.5. The lowest BCUT2D eigenvalue weighted by atomic mass is 9.66. The lowest BCUT2D eigenvalue weighted by molar-refractivity contribution is -0.157. The number of carbonyl (C=O) groups excluding carboxylic acids is 3. The maximum atomic E-state index is 13.7. The fourth-order valence-electron chi connectivity index (χ4n) is 5.58. The molecule has 1 aromatic carbocycles. The summed E-state index contributed by atoms with van der Waals surface area (Å²) in [5, 5.41) is 18.1. The van der Waals surface area contributed by atoms with Crippen LogP contribution in [0.25, 0.3) is 0 Å². The van der Waals surface area contributed by atoms with E-state index in [0.717, 1.165) is 5.56 Å². The van der Waals surface area contributed by atoms with Crippen molar-refractivity contribution in [1.29, 1.82) is 0 Å². The Morgan fingerprint density at radius 1 is 1.13 bits per heavy atom. The van der Waals surface area contributed by atoms with Crippen molar-refractivity contribution in [3.8, 4) is 0 Å². The molecule has 2 aliphatic rings. The van der Waals surface area contributed by atoms with E-state index in [1.54, 1.807) is 17.0 Å². The van der Waals surface area contributed by atoms with Gasteiger partial charge in [-0.05, 0) is 70.1 Å². The van der Waals surface area contributed by atoms with Crippen LogP contribution in [0.5, 0.6) is 0 Å². The van der Waals surface area contributed by atoms with Crippen molar-refractivity contribution >= 4 is 29.5 Å². The normalized spacial score (nSPS) is 26.1. The Bertz CT molecular complexity index is 1020. The van der Waals surface area contributed by atoms with Gasteiger partial charge in [-0.15, -0.1) is 0 Å². The minimum Gasteiger partial charge on any atom is -0.444 e. The molecule has 0 aromatic heterocycles. The van der Waals surface area contributed by atoms with Crippen molar-refractivity contribution in [2.45, 2.75) is 97.4 Å². The van der Waals surface area contributed by atoms with Crippen LogP contribution in [0.15, 0.2) is 24.3 Å². The Balaban J connectivity index is 1.62. The number of benzene rings is 1. The summed E-state index contributed by atoms with van der Waals surface area (Å²) in [6.45, 7) is 13.9. The van der Waals surface area contributed by atoms with Gasteiger partial charge in [0.1, 0.15) is 11.6 Å². The molecule has 1 saturated carbocycles. The molecule has 0 spiro atoms. The summed E-state index contributed by atoms with van der Waals surface area (Å²) in [5.74, 6) is -0.694. The fourth-order valence-corrected chi connectivity index (χ4v) is 5.70. The van der Waals surface area contributed by atoms with Crippen molar-refractivity contribution < 1.29 is 24.2 Å². The standard InChI is InChI=1S/C29H44ClN3O5/c1-18(2)23(32-24(34)19-8-13-22(16-19)31-26(36)38-27(3,4)5)25(35)33-15-14-29(37,28(6,7)17-33)20-9-11-21(30)12-10-20/h9-12,18-19,22-23,37H,8,13-17H2,1-7H3,(H,31,36)(H,32,34)/t19-,22?,23-,29+/m1/s1. The van der Waals surface area contributed by atoms with Crippen molar-refractivity contribution in [2.24, 2.45) is 17.3 Å². The molecule has 9 heteroatoms. The molecule has 1 unspecified atom stereocenters. The molecule has 0 bridgehead atoms. The van der Waals surface area contributed by atoms with E-state index in [1.165, 1.54) is 0 Å². The van der Waals surface area contributed by atoms with Gasteiger partial charge in [0.15, 0.2) is 0 Å². The molecule has 1 aliphatic carbocycles. The molecule has 1 heterocycles. The first-order valence-corrected chi connectivity index (χ1v) is 14.0. The number of amides is 3. The summed E-state index contributed by atoms with van der Waals surface area (Å²) < 4.78 is 5.33. The molecule has 1 aromatic rings. The quantitative estimate of drug-likeness (QED) is 0.480. The number of piperidine rings is 1. The van der Waals surface area contributed by atoms with Crippen LogP contribution < -0.4 is 10.6 Å². The second-order valence-electron chi connectivity index (χ2n) is 12.8.